The van der Waals surface area contributed by atoms with Crippen molar-refractivity contribution in [2.24, 2.45) is 0 Å². The Balaban J connectivity index is 0.858. The zero-order valence-corrected chi connectivity index (χ0v) is 36.5. The number of carbonyl (C=O) groups is 8. The number of amides is 7. The number of aromatic nitrogens is 2. The van der Waals surface area contributed by atoms with Gasteiger partial charge in [0.25, 0.3) is 17.4 Å². The van der Waals surface area contributed by atoms with Crippen molar-refractivity contribution >= 4 is 63.9 Å². The van der Waals surface area contributed by atoms with Gasteiger partial charge < -0.3 is 45.7 Å². The van der Waals surface area contributed by atoms with Crippen molar-refractivity contribution in [3.8, 4) is 17.1 Å². The van der Waals surface area contributed by atoms with Gasteiger partial charge in [0.15, 0.2) is 11.4 Å². The topological polar surface area (TPSA) is 274 Å². The number of rotatable bonds is 18. The van der Waals surface area contributed by atoms with Crippen LogP contribution in [0.4, 0.5) is 5.69 Å². The summed E-state index contributed by atoms with van der Waals surface area (Å²) >= 11 is 0. The minimum absolute atomic E-state index is 0.0153. The molecule has 0 fully saturated rings. The molecule has 4 aliphatic rings. The molecule has 0 unspecified atom stereocenters. The number of carbonyl (C=O) groups excluding carboxylic acids is 8. The van der Waals surface area contributed by atoms with Crippen LogP contribution >= 0.6 is 0 Å². The molecule has 7 amide bonds. The summed E-state index contributed by atoms with van der Waals surface area (Å²) in [5.74, 6) is -4.13. The van der Waals surface area contributed by atoms with Crippen LogP contribution in [0.15, 0.2) is 65.5 Å². The van der Waals surface area contributed by atoms with E-state index in [1.807, 2.05) is 0 Å². The third-order valence-corrected chi connectivity index (χ3v) is 12.2. The second-order valence-corrected chi connectivity index (χ2v) is 16.6. The zero-order chi connectivity index (χ0) is 47.4. The fourth-order valence-corrected chi connectivity index (χ4v) is 8.69. The number of cyclic esters (lactones) is 1. The maximum atomic E-state index is 13.8. The molecule has 4 aromatic rings. The predicted molar refractivity (Wildman–Crippen MR) is 238 cm³/mol. The Morgan fingerprint density at radius 2 is 1.55 bits per heavy atom. The van der Waals surface area contributed by atoms with E-state index in [9.17, 15) is 48.3 Å². The van der Waals surface area contributed by atoms with Gasteiger partial charge in [-0.2, -0.15) is 0 Å². The molecule has 0 spiro atoms. The molecule has 67 heavy (non-hydrogen) atoms. The SMILES string of the molecule is CC[C@@]1(O)C(=O)OCc2c1cc1n(c2=O)Cc2c-1nc1ccc(NC(=O)CNC(=O)[C@H](Cc3ccccc3)NC(=O)CNC(=O)CNC(=O)CCCCCN3C(=O)C=CC3=O)c3c1c2CCO3. The molecule has 2 aromatic heterocycles. The van der Waals surface area contributed by atoms with Gasteiger partial charge in [-0.05, 0) is 48.6 Å². The molecule has 0 saturated carbocycles. The minimum Gasteiger partial charge on any atom is -0.490 e. The maximum absolute atomic E-state index is 13.8. The largest absolute Gasteiger partial charge is 0.490 e. The van der Waals surface area contributed by atoms with Crippen LogP contribution in [-0.4, -0.2) is 106 Å². The molecule has 6 heterocycles. The number of fused-ring (bicyclic) bond motifs is 5. The van der Waals surface area contributed by atoms with Crippen molar-refractivity contribution < 1.29 is 52.9 Å². The second-order valence-electron chi connectivity index (χ2n) is 16.6. The van der Waals surface area contributed by atoms with Gasteiger partial charge in [0.1, 0.15) is 12.6 Å². The van der Waals surface area contributed by atoms with Gasteiger partial charge in [-0.1, -0.05) is 43.7 Å². The normalized spacial score (nSPS) is 16.9. The number of ether oxygens (including phenoxy) is 2. The first kappa shape index (κ1) is 45.8. The molecular weight excluding hydrogens is 869 g/mol. The highest BCUT2D eigenvalue weighted by atomic mass is 16.6. The quantitative estimate of drug-likeness (QED) is 0.0398. The Kier molecular flexibility index (Phi) is 13.3. The molecular formula is C47H48N8O12. The number of hydrogen-bond donors (Lipinski definition) is 6. The van der Waals surface area contributed by atoms with Crippen molar-refractivity contribution in [1.29, 1.82) is 0 Å². The molecule has 20 heteroatoms. The van der Waals surface area contributed by atoms with E-state index in [0.29, 0.717) is 59.4 Å². The molecule has 20 nitrogen and oxygen atoms in total. The summed E-state index contributed by atoms with van der Waals surface area (Å²) in [5.41, 5.74) is 2.34. The predicted octanol–water partition coefficient (Wildman–Crippen LogP) is 0.515. The number of aliphatic hydroxyl groups is 1. The van der Waals surface area contributed by atoms with Crippen LogP contribution in [0.2, 0.25) is 0 Å². The lowest BCUT2D eigenvalue weighted by Crippen LogP contribution is -2.52. The van der Waals surface area contributed by atoms with Crippen LogP contribution in [0.25, 0.3) is 22.3 Å². The molecule has 2 atom stereocenters. The highest BCUT2D eigenvalue weighted by Gasteiger charge is 2.45. The molecule has 0 bridgehead atoms. The molecule has 2 aromatic carbocycles. The van der Waals surface area contributed by atoms with Gasteiger partial charge in [-0.25, -0.2) is 9.78 Å². The number of nitrogens with one attached hydrogen (secondary N) is 5. The first-order valence-corrected chi connectivity index (χ1v) is 22.0. The third kappa shape index (κ3) is 9.51. The van der Waals surface area contributed by atoms with Gasteiger partial charge in [0, 0.05) is 54.5 Å². The summed E-state index contributed by atoms with van der Waals surface area (Å²) in [6.45, 7) is 0.743. The van der Waals surface area contributed by atoms with Gasteiger partial charge in [-0.15, -0.1) is 0 Å². The summed E-state index contributed by atoms with van der Waals surface area (Å²) in [4.78, 5) is 120. The van der Waals surface area contributed by atoms with Crippen LogP contribution in [0.5, 0.6) is 5.75 Å². The van der Waals surface area contributed by atoms with Crippen LogP contribution in [0, 0.1) is 0 Å². The molecule has 6 N–H and O–H groups in total. The first-order chi connectivity index (χ1) is 32.2. The molecule has 0 aliphatic carbocycles. The molecule has 8 rings (SSSR count). The standard InChI is InChI=1S/C47H48N8O12/c1-2-47(65)30-20-34-42-28(24-55(34)45(63)29(30)25-67-46(47)64)27-16-18-66-43-32(13-12-31(53-42)41(27)43)51-38(59)23-50-44(62)33(19-26-9-5-3-6-10-26)52-37(58)22-49-36(57)21-48-35(56)11-7-4-8-17-54-39(60)14-15-40(54)61/h3,5-6,9-10,12-15,20,33,65H,2,4,7-8,11,16-19,21-25H2,1H3,(H,48,56)(H,49,57)(H,50,62)(H,51,59)(H,52,58)/t33-,47-/m0/s1. The van der Waals surface area contributed by atoms with Crippen LogP contribution < -0.4 is 36.9 Å². The van der Waals surface area contributed by atoms with E-state index in [1.165, 1.54) is 12.2 Å². The Morgan fingerprint density at radius 1 is 0.821 bits per heavy atom. The van der Waals surface area contributed by atoms with E-state index < -0.39 is 54.3 Å². The summed E-state index contributed by atoms with van der Waals surface area (Å²) in [7, 11) is 0. The summed E-state index contributed by atoms with van der Waals surface area (Å²) in [6, 6.07) is 12.7. The lowest BCUT2D eigenvalue weighted by Gasteiger charge is -2.31. The number of anilines is 1. The average molecular weight is 917 g/mol. The van der Waals surface area contributed by atoms with Gasteiger partial charge >= 0.3 is 5.97 Å². The Labute approximate surface area is 382 Å². The lowest BCUT2D eigenvalue weighted by molar-refractivity contribution is -0.172. The Morgan fingerprint density at radius 3 is 2.31 bits per heavy atom. The van der Waals surface area contributed by atoms with Gasteiger partial charge in [0.05, 0.1) is 60.9 Å². The minimum atomic E-state index is -1.96. The third-order valence-electron chi connectivity index (χ3n) is 12.2. The number of nitrogens with zero attached hydrogens (tertiary/aromatic N) is 3. The maximum Gasteiger partial charge on any atom is 0.343 e. The van der Waals surface area contributed by atoms with Crippen LogP contribution in [0.3, 0.4) is 0 Å². The number of esters is 1. The van der Waals surface area contributed by atoms with E-state index in [2.05, 4.69) is 26.6 Å². The number of hydrogen-bond acceptors (Lipinski definition) is 13. The highest BCUT2D eigenvalue weighted by molar-refractivity contribution is 6.13. The van der Waals surface area contributed by atoms with Crippen LogP contribution in [-0.2, 0) is 74.7 Å². The average Bonchev–Trinajstić information content (AvgIpc) is 3.86. The second kappa shape index (κ2) is 19.4. The monoisotopic (exact) mass is 916 g/mol. The summed E-state index contributed by atoms with van der Waals surface area (Å²) in [6.07, 6.45) is 4.71. The number of imide groups is 1. The summed E-state index contributed by atoms with van der Waals surface area (Å²) in [5, 5.41) is 24.8. The Bertz CT molecular complexity index is 2810. The number of benzene rings is 2. The highest BCUT2D eigenvalue weighted by Crippen LogP contribution is 2.45. The fraction of sp³-hybridized carbons (Fsp3) is 0.362. The number of pyridine rings is 2. The zero-order valence-electron chi connectivity index (χ0n) is 36.5. The van der Waals surface area contributed by atoms with E-state index in [0.717, 1.165) is 21.6 Å². The van der Waals surface area contributed by atoms with Gasteiger partial charge in [-0.3, -0.25) is 43.3 Å². The van der Waals surface area contributed by atoms with Gasteiger partial charge in [0.2, 0.25) is 29.5 Å². The van der Waals surface area contributed by atoms with Crippen molar-refractivity contribution in [2.45, 2.75) is 76.7 Å². The van der Waals surface area contributed by atoms with Crippen molar-refractivity contribution in [2.75, 3.05) is 38.1 Å². The lowest BCUT2D eigenvalue weighted by atomic mass is 9.86. The van der Waals surface area contributed by atoms with Crippen molar-refractivity contribution in [1.82, 2.24) is 35.7 Å². The van der Waals surface area contributed by atoms with E-state index in [4.69, 9.17) is 14.5 Å². The smallest absolute Gasteiger partial charge is 0.343 e. The van der Waals surface area contributed by atoms with E-state index >= 15 is 0 Å². The molecule has 348 valence electrons. The van der Waals surface area contributed by atoms with E-state index in [1.54, 1.807) is 60.0 Å². The fourth-order valence-electron chi connectivity index (χ4n) is 8.69. The van der Waals surface area contributed by atoms with Crippen molar-refractivity contribution in [3.63, 3.8) is 0 Å². The van der Waals surface area contributed by atoms with Crippen molar-refractivity contribution in [3.05, 3.63) is 98.9 Å². The first-order valence-electron chi connectivity index (χ1n) is 22.0. The molecule has 0 radical (unpaired) electrons. The number of unbranched alkanes of at least 4 members (excludes halogenated alkanes) is 2. The van der Waals surface area contributed by atoms with Crippen LogP contribution in [0.1, 0.15) is 66.8 Å². The summed E-state index contributed by atoms with van der Waals surface area (Å²) < 4.78 is 12.9. The molecule has 4 aliphatic heterocycles. The molecule has 0 saturated heterocycles. The Hall–Kier alpha value is -7.74. The van der Waals surface area contributed by atoms with E-state index in [-0.39, 0.29) is 86.5 Å².